The molecule has 0 spiro atoms. The molecular formula is C26H31ClO6S. The molecule has 2 atom stereocenters. The van der Waals surface area contributed by atoms with Crippen molar-refractivity contribution >= 4 is 27.5 Å². The lowest BCUT2D eigenvalue weighted by molar-refractivity contribution is 0.187. The van der Waals surface area contributed by atoms with Crippen molar-refractivity contribution in [1.29, 1.82) is 0 Å². The third-order valence-electron chi connectivity index (χ3n) is 5.90. The Bertz CT molecular complexity index is 1140. The smallest absolute Gasteiger partial charge is 0.163 e. The van der Waals surface area contributed by atoms with E-state index in [0.717, 1.165) is 24.0 Å². The molecule has 3 N–H and O–H groups in total. The summed E-state index contributed by atoms with van der Waals surface area (Å²) in [6.45, 7) is 1.51. The van der Waals surface area contributed by atoms with Crippen LogP contribution in [0.15, 0.2) is 65.3 Å². The number of sulfone groups is 1. The van der Waals surface area contributed by atoms with Gasteiger partial charge in [0.25, 0.3) is 0 Å². The van der Waals surface area contributed by atoms with Gasteiger partial charge in [0.2, 0.25) is 0 Å². The van der Waals surface area contributed by atoms with Crippen molar-refractivity contribution in [2.75, 3.05) is 19.0 Å². The second kappa shape index (κ2) is 11.9. The van der Waals surface area contributed by atoms with Crippen LogP contribution in [0.25, 0.3) is 6.08 Å². The van der Waals surface area contributed by atoms with Crippen molar-refractivity contribution < 1.29 is 28.5 Å². The zero-order chi connectivity index (χ0) is 24.7. The molecule has 184 valence electrons. The van der Waals surface area contributed by atoms with Crippen molar-refractivity contribution in [3.63, 3.8) is 0 Å². The molecule has 0 amide bonds. The molecule has 0 aliphatic carbocycles. The van der Waals surface area contributed by atoms with Crippen molar-refractivity contribution in [3.05, 3.63) is 75.8 Å². The zero-order valence-electron chi connectivity index (χ0n) is 19.2. The maximum Gasteiger partial charge on any atom is 0.163 e. The number of halogens is 1. The molecule has 0 unspecified atom stereocenters. The van der Waals surface area contributed by atoms with E-state index in [1.165, 1.54) is 6.07 Å². The molecule has 2 aromatic carbocycles. The van der Waals surface area contributed by atoms with Crippen molar-refractivity contribution in [1.82, 2.24) is 0 Å². The molecule has 3 rings (SSSR count). The standard InChI is InChI=1S/C26H31ClO6S/c1-2-6-18(13-19-10-11-21(29)14-23(19)27)9-12-24(30)26-20(17-34(31,32)25(26)15-28)16-33-22-7-4-3-5-8-22/h3-5,7-8,10-11,13-14,24-25,28-30H,2,6,9,12,15-17H2,1H3/b18-13+/t24-,25+/m1/s1. The summed E-state index contributed by atoms with van der Waals surface area (Å²) in [4.78, 5) is 0. The highest BCUT2D eigenvalue weighted by molar-refractivity contribution is 7.92. The number of phenolic OH excluding ortho intramolecular Hbond substituents is 1. The molecule has 0 fully saturated rings. The van der Waals surface area contributed by atoms with Crippen molar-refractivity contribution in [2.45, 2.75) is 44.0 Å². The van der Waals surface area contributed by atoms with E-state index in [-0.39, 0.29) is 18.1 Å². The molecule has 0 saturated heterocycles. The molecule has 0 saturated carbocycles. The number of para-hydroxylation sites is 1. The fraction of sp³-hybridized carbons (Fsp3) is 0.385. The lowest BCUT2D eigenvalue weighted by atomic mass is 9.93. The predicted molar refractivity (Wildman–Crippen MR) is 135 cm³/mol. The van der Waals surface area contributed by atoms with E-state index in [9.17, 15) is 23.7 Å². The van der Waals surface area contributed by atoms with Crippen molar-refractivity contribution in [2.24, 2.45) is 0 Å². The van der Waals surface area contributed by atoms with E-state index in [1.807, 2.05) is 24.3 Å². The number of benzene rings is 2. The van der Waals surface area contributed by atoms with Gasteiger partial charge in [-0.1, -0.05) is 54.8 Å². The van der Waals surface area contributed by atoms with Crippen LogP contribution in [-0.4, -0.2) is 54.1 Å². The van der Waals surface area contributed by atoms with E-state index in [1.54, 1.807) is 24.3 Å². The third kappa shape index (κ3) is 6.63. The number of aliphatic hydroxyl groups excluding tert-OH is 2. The van der Waals surface area contributed by atoms with E-state index in [4.69, 9.17) is 16.3 Å². The van der Waals surface area contributed by atoms with Crippen LogP contribution in [-0.2, 0) is 9.84 Å². The SMILES string of the molecule is CCC/C(=C\c1ccc(O)cc1Cl)CC[C@@H](O)C1=C(COc2ccccc2)CS(=O)(=O)[C@H]1CO. The Hall–Kier alpha value is -2.32. The first-order chi connectivity index (χ1) is 16.2. The molecule has 6 nitrogen and oxygen atoms in total. The number of aromatic hydroxyl groups is 1. The summed E-state index contributed by atoms with van der Waals surface area (Å²) in [6.07, 6.45) is 3.43. The number of phenols is 1. The third-order valence-corrected chi connectivity index (χ3v) is 8.25. The van der Waals surface area contributed by atoms with Crippen LogP contribution < -0.4 is 4.74 Å². The van der Waals surface area contributed by atoms with Gasteiger partial charge in [0.15, 0.2) is 9.84 Å². The Morgan fingerprint density at radius 2 is 1.94 bits per heavy atom. The lowest BCUT2D eigenvalue weighted by Crippen LogP contribution is -2.29. The number of hydrogen-bond donors (Lipinski definition) is 3. The molecule has 1 heterocycles. The summed E-state index contributed by atoms with van der Waals surface area (Å²) in [6, 6.07) is 13.8. The first-order valence-corrected chi connectivity index (χ1v) is 13.4. The quantitative estimate of drug-likeness (QED) is 0.387. The van der Waals surface area contributed by atoms with Crippen LogP contribution in [0, 0.1) is 0 Å². The Balaban J connectivity index is 1.80. The van der Waals surface area contributed by atoms with Crippen LogP contribution >= 0.6 is 11.6 Å². The molecule has 0 bridgehead atoms. The highest BCUT2D eigenvalue weighted by atomic mass is 35.5. The van der Waals surface area contributed by atoms with Crippen LogP contribution in [0.2, 0.25) is 5.02 Å². The monoisotopic (exact) mass is 506 g/mol. The molecule has 8 heteroatoms. The average Bonchev–Trinajstić information content (AvgIpc) is 3.07. The van der Waals surface area contributed by atoms with Gasteiger partial charge in [-0.15, -0.1) is 0 Å². The van der Waals surface area contributed by atoms with Gasteiger partial charge in [0.1, 0.15) is 23.4 Å². The number of ether oxygens (including phenoxy) is 1. The van der Waals surface area contributed by atoms with Gasteiger partial charge in [-0.05, 0) is 66.3 Å². The lowest BCUT2D eigenvalue weighted by Gasteiger charge is -2.20. The average molecular weight is 507 g/mol. The number of allylic oxidation sites excluding steroid dienone is 1. The minimum absolute atomic E-state index is 0.0346. The number of aliphatic hydroxyl groups is 2. The van der Waals surface area contributed by atoms with E-state index in [2.05, 4.69) is 6.92 Å². The largest absolute Gasteiger partial charge is 0.508 e. The molecule has 2 aromatic rings. The summed E-state index contributed by atoms with van der Waals surface area (Å²) in [5.74, 6) is 0.454. The summed E-state index contributed by atoms with van der Waals surface area (Å²) < 4.78 is 31.1. The summed E-state index contributed by atoms with van der Waals surface area (Å²) >= 11 is 6.24. The van der Waals surface area contributed by atoms with Gasteiger partial charge in [-0.25, -0.2) is 8.42 Å². The van der Waals surface area contributed by atoms with E-state index >= 15 is 0 Å². The first-order valence-electron chi connectivity index (χ1n) is 11.3. The Kier molecular flexibility index (Phi) is 9.19. The maximum atomic E-state index is 12.7. The summed E-state index contributed by atoms with van der Waals surface area (Å²) in [5, 5.41) is 29.8. The topological polar surface area (TPSA) is 104 Å². The molecule has 34 heavy (non-hydrogen) atoms. The Morgan fingerprint density at radius 1 is 1.21 bits per heavy atom. The molecule has 1 aliphatic rings. The van der Waals surface area contributed by atoms with Gasteiger partial charge in [-0.2, -0.15) is 0 Å². The number of hydrogen-bond acceptors (Lipinski definition) is 6. The fourth-order valence-corrected chi connectivity index (χ4v) is 6.35. The van der Waals surface area contributed by atoms with Gasteiger partial charge < -0.3 is 20.1 Å². The predicted octanol–water partition coefficient (Wildman–Crippen LogP) is 4.54. The fourth-order valence-electron chi connectivity index (χ4n) is 4.24. The van der Waals surface area contributed by atoms with Crippen LogP contribution in [0.3, 0.4) is 0 Å². The minimum Gasteiger partial charge on any atom is -0.508 e. The Labute approximate surface area is 206 Å². The van der Waals surface area contributed by atoms with E-state index < -0.39 is 27.8 Å². The normalized spacial score (nSPS) is 18.8. The minimum atomic E-state index is -3.61. The van der Waals surface area contributed by atoms with E-state index in [0.29, 0.717) is 34.8 Å². The number of rotatable bonds is 11. The van der Waals surface area contributed by atoms with Crippen LogP contribution in [0.1, 0.15) is 38.2 Å². The first kappa shape index (κ1) is 26.3. The second-order valence-electron chi connectivity index (χ2n) is 8.45. The van der Waals surface area contributed by atoms with Gasteiger partial charge in [0, 0.05) is 0 Å². The molecule has 1 aliphatic heterocycles. The van der Waals surface area contributed by atoms with Crippen LogP contribution in [0.4, 0.5) is 0 Å². The molecule has 0 aromatic heterocycles. The van der Waals surface area contributed by atoms with Crippen LogP contribution in [0.5, 0.6) is 11.5 Å². The molecular weight excluding hydrogens is 476 g/mol. The molecule has 0 radical (unpaired) electrons. The van der Waals surface area contributed by atoms with Gasteiger partial charge in [-0.3, -0.25) is 0 Å². The van der Waals surface area contributed by atoms with Gasteiger partial charge >= 0.3 is 0 Å². The second-order valence-corrected chi connectivity index (χ2v) is 11.0. The Morgan fingerprint density at radius 3 is 2.59 bits per heavy atom. The maximum absolute atomic E-state index is 12.7. The zero-order valence-corrected chi connectivity index (χ0v) is 20.7. The van der Waals surface area contributed by atoms with Crippen molar-refractivity contribution in [3.8, 4) is 11.5 Å². The van der Waals surface area contributed by atoms with Gasteiger partial charge in [0.05, 0.1) is 23.5 Å². The highest BCUT2D eigenvalue weighted by Gasteiger charge is 2.41. The summed E-state index contributed by atoms with van der Waals surface area (Å²) in [5.41, 5.74) is 2.67. The highest BCUT2D eigenvalue weighted by Crippen LogP contribution is 2.33. The summed E-state index contributed by atoms with van der Waals surface area (Å²) in [7, 11) is -3.61.